The normalized spacial score (nSPS) is 10.4. The third kappa shape index (κ3) is 2.07. The van der Waals surface area contributed by atoms with Crippen molar-refractivity contribution < 1.29 is 4.74 Å². The lowest BCUT2D eigenvalue weighted by Gasteiger charge is -2.13. The molecule has 0 unspecified atom stereocenters. The molecule has 94 valence electrons. The number of methoxy groups -OCH3 is 1. The summed E-state index contributed by atoms with van der Waals surface area (Å²) in [6.45, 7) is 4.48. The van der Waals surface area contributed by atoms with Crippen LogP contribution >= 0.6 is 0 Å². The Morgan fingerprint density at radius 1 is 1.11 bits per heavy atom. The Balaban J connectivity index is 2.61. The van der Waals surface area contributed by atoms with Crippen LogP contribution in [0.2, 0.25) is 0 Å². The first-order chi connectivity index (χ1) is 8.69. The number of ether oxygens (including phenoxy) is 1. The van der Waals surface area contributed by atoms with Gasteiger partial charge in [0.15, 0.2) is 0 Å². The van der Waals surface area contributed by atoms with Crippen molar-refractivity contribution in [2.45, 2.75) is 20.4 Å². The largest absolute Gasteiger partial charge is 0.496 e. The minimum atomic E-state index is 0.383. The highest BCUT2D eigenvalue weighted by atomic mass is 16.5. The monoisotopic (exact) mass is 243 g/mol. The maximum absolute atomic E-state index is 5.70. The van der Waals surface area contributed by atoms with E-state index in [2.05, 4.69) is 16.9 Å². The zero-order valence-electron chi connectivity index (χ0n) is 10.9. The van der Waals surface area contributed by atoms with Gasteiger partial charge in [-0.2, -0.15) is 0 Å². The van der Waals surface area contributed by atoms with E-state index in [1.165, 1.54) is 0 Å². The molecule has 0 radical (unpaired) electrons. The molecule has 4 heteroatoms. The molecule has 2 rings (SSSR count). The van der Waals surface area contributed by atoms with Gasteiger partial charge >= 0.3 is 0 Å². The molecule has 1 aromatic heterocycles. The van der Waals surface area contributed by atoms with E-state index in [9.17, 15) is 0 Å². The highest BCUT2D eigenvalue weighted by molar-refractivity contribution is 5.68. The van der Waals surface area contributed by atoms with Gasteiger partial charge in [0, 0.05) is 24.5 Å². The van der Waals surface area contributed by atoms with Crippen molar-refractivity contribution in [3.05, 3.63) is 41.3 Å². The molecule has 2 N–H and O–H groups in total. The van der Waals surface area contributed by atoms with Crippen LogP contribution in [0.1, 0.15) is 16.8 Å². The van der Waals surface area contributed by atoms with Crippen LogP contribution in [-0.4, -0.2) is 17.1 Å². The molecular formula is C14H17N3O. The smallest absolute Gasteiger partial charge is 0.122 e. The van der Waals surface area contributed by atoms with Crippen LogP contribution in [0.5, 0.6) is 5.75 Å². The minimum Gasteiger partial charge on any atom is -0.496 e. The number of aromatic nitrogens is 2. The molecular weight excluding hydrogens is 226 g/mol. The number of nitrogens with two attached hydrogens (primary N) is 1. The average Bonchev–Trinajstić information content (AvgIpc) is 2.42. The highest BCUT2D eigenvalue weighted by Crippen LogP contribution is 2.30. The first-order valence-electron chi connectivity index (χ1n) is 5.83. The molecule has 0 amide bonds. The Bertz CT molecular complexity index is 567. The summed E-state index contributed by atoms with van der Waals surface area (Å²) in [5.74, 6) is 0.884. The van der Waals surface area contributed by atoms with E-state index in [1.54, 1.807) is 19.5 Å². The van der Waals surface area contributed by atoms with Crippen molar-refractivity contribution in [3.63, 3.8) is 0 Å². The fourth-order valence-corrected chi connectivity index (χ4v) is 2.01. The van der Waals surface area contributed by atoms with Gasteiger partial charge in [-0.25, -0.2) is 0 Å². The van der Waals surface area contributed by atoms with Crippen LogP contribution in [0.25, 0.3) is 11.3 Å². The van der Waals surface area contributed by atoms with Gasteiger partial charge < -0.3 is 10.5 Å². The van der Waals surface area contributed by atoms with Gasteiger partial charge in [-0.1, -0.05) is 0 Å². The Kier molecular flexibility index (Phi) is 3.58. The lowest BCUT2D eigenvalue weighted by Crippen LogP contribution is -2.04. The van der Waals surface area contributed by atoms with Crippen LogP contribution in [0.4, 0.5) is 0 Å². The van der Waals surface area contributed by atoms with Crippen molar-refractivity contribution >= 4 is 0 Å². The Morgan fingerprint density at radius 2 is 1.83 bits per heavy atom. The maximum Gasteiger partial charge on any atom is 0.122 e. The van der Waals surface area contributed by atoms with Crippen LogP contribution in [0.3, 0.4) is 0 Å². The van der Waals surface area contributed by atoms with Crippen LogP contribution < -0.4 is 10.5 Å². The highest BCUT2D eigenvalue weighted by Gasteiger charge is 2.12. The molecule has 0 spiro atoms. The maximum atomic E-state index is 5.70. The van der Waals surface area contributed by atoms with Gasteiger partial charge in [-0.15, -0.1) is 0 Å². The number of nitrogens with zero attached hydrogens (tertiary/aromatic N) is 2. The van der Waals surface area contributed by atoms with Gasteiger partial charge in [-0.05, 0) is 37.1 Å². The minimum absolute atomic E-state index is 0.383. The van der Waals surface area contributed by atoms with Crippen LogP contribution in [0.15, 0.2) is 24.5 Å². The second-order valence-corrected chi connectivity index (χ2v) is 4.12. The van der Waals surface area contributed by atoms with E-state index in [0.29, 0.717) is 6.54 Å². The van der Waals surface area contributed by atoms with Gasteiger partial charge in [0.05, 0.1) is 18.5 Å². The summed E-state index contributed by atoms with van der Waals surface area (Å²) in [7, 11) is 1.68. The summed E-state index contributed by atoms with van der Waals surface area (Å²) < 4.78 is 5.31. The predicted molar refractivity (Wildman–Crippen MR) is 71.4 cm³/mol. The molecule has 18 heavy (non-hydrogen) atoms. The third-order valence-corrected chi connectivity index (χ3v) is 3.18. The van der Waals surface area contributed by atoms with E-state index in [-0.39, 0.29) is 0 Å². The van der Waals surface area contributed by atoms with E-state index in [1.807, 2.05) is 19.1 Å². The van der Waals surface area contributed by atoms with Crippen LogP contribution in [-0.2, 0) is 6.54 Å². The van der Waals surface area contributed by atoms with E-state index in [4.69, 9.17) is 10.5 Å². The van der Waals surface area contributed by atoms with Gasteiger partial charge in [0.25, 0.3) is 0 Å². The van der Waals surface area contributed by atoms with Crippen molar-refractivity contribution in [3.8, 4) is 17.0 Å². The molecule has 2 aromatic rings. The second kappa shape index (κ2) is 5.14. The number of rotatable bonds is 3. The lowest BCUT2D eigenvalue weighted by molar-refractivity contribution is 0.411. The molecule has 0 aliphatic carbocycles. The summed E-state index contributed by atoms with van der Waals surface area (Å²) in [6.07, 6.45) is 3.35. The molecule has 1 heterocycles. The topological polar surface area (TPSA) is 61.0 Å². The second-order valence-electron chi connectivity index (χ2n) is 4.12. The van der Waals surface area contributed by atoms with Crippen LogP contribution in [0, 0.1) is 13.8 Å². The Morgan fingerprint density at radius 3 is 2.50 bits per heavy atom. The van der Waals surface area contributed by atoms with Gasteiger partial charge in [0.1, 0.15) is 5.75 Å². The molecule has 0 bridgehead atoms. The molecule has 0 saturated heterocycles. The summed E-state index contributed by atoms with van der Waals surface area (Å²) >= 11 is 0. The van der Waals surface area contributed by atoms with E-state index >= 15 is 0 Å². The quantitative estimate of drug-likeness (QED) is 0.898. The van der Waals surface area contributed by atoms with Crippen molar-refractivity contribution in [2.75, 3.05) is 7.11 Å². The predicted octanol–water partition coefficient (Wildman–Crippen LogP) is 2.23. The number of hydrogen-bond acceptors (Lipinski definition) is 4. The zero-order valence-corrected chi connectivity index (χ0v) is 10.9. The molecule has 0 saturated carbocycles. The van der Waals surface area contributed by atoms with Crippen molar-refractivity contribution in [1.82, 2.24) is 9.97 Å². The first kappa shape index (κ1) is 12.5. The van der Waals surface area contributed by atoms with Crippen molar-refractivity contribution in [2.24, 2.45) is 5.73 Å². The zero-order chi connectivity index (χ0) is 13.1. The molecule has 0 atom stereocenters. The summed E-state index contributed by atoms with van der Waals surface area (Å²) in [5.41, 5.74) is 10.7. The van der Waals surface area contributed by atoms with Gasteiger partial charge in [-0.3, -0.25) is 9.97 Å². The van der Waals surface area contributed by atoms with Gasteiger partial charge in [0.2, 0.25) is 0 Å². The lowest BCUT2D eigenvalue weighted by atomic mass is 9.98. The number of hydrogen-bond donors (Lipinski definition) is 1. The standard InChI is InChI=1S/C14H17N3O/c1-9-10(2)13(18-3)5-4-11(9)14-12(8-15)16-6-7-17-14/h4-7H,8,15H2,1-3H3. The fourth-order valence-electron chi connectivity index (χ4n) is 2.01. The van der Waals surface area contributed by atoms with E-state index in [0.717, 1.165) is 33.8 Å². The first-order valence-corrected chi connectivity index (χ1v) is 5.83. The third-order valence-electron chi connectivity index (χ3n) is 3.18. The Labute approximate surface area is 107 Å². The average molecular weight is 243 g/mol. The summed E-state index contributed by atoms with van der Waals surface area (Å²) in [4.78, 5) is 8.66. The number of benzene rings is 1. The van der Waals surface area contributed by atoms with Crippen molar-refractivity contribution in [1.29, 1.82) is 0 Å². The molecule has 0 aliphatic rings. The summed E-state index contributed by atoms with van der Waals surface area (Å²) in [5, 5.41) is 0. The molecule has 1 aromatic carbocycles. The molecule has 0 aliphatic heterocycles. The molecule has 0 fully saturated rings. The SMILES string of the molecule is COc1ccc(-c2nccnc2CN)c(C)c1C. The summed E-state index contributed by atoms with van der Waals surface area (Å²) in [6, 6.07) is 3.96. The Hall–Kier alpha value is -1.94. The fraction of sp³-hybridized carbons (Fsp3) is 0.286. The van der Waals surface area contributed by atoms with E-state index < -0.39 is 0 Å². The molecule has 4 nitrogen and oxygen atoms in total.